The topological polar surface area (TPSA) is 88.1 Å². The van der Waals surface area contributed by atoms with Crippen LogP contribution in [0.15, 0.2) is 66.9 Å². The number of nitriles is 1. The lowest BCUT2D eigenvalue weighted by molar-refractivity contribution is 0.0697. The summed E-state index contributed by atoms with van der Waals surface area (Å²) in [6.45, 7) is 1.12. The van der Waals surface area contributed by atoms with Crippen molar-refractivity contribution in [2.75, 3.05) is 0 Å². The molecule has 8 heteroatoms. The smallest absolute Gasteiger partial charge is 0.335 e. The van der Waals surface area contributed by atoms with Crippen LogP contribution in [0.5, 0.6) is 0 Å². The number of thiophene rings is 1. The standard InChI is InChI=1S/C24H18ClN3O3S/c25-22-10-9-21(32-22)23-27-20(15-31-14-19-4-2-1-3-18(19)11-26)13-28(23)12-16-5-7-17(8-6-16)24(29)30/h1-10,13H,12,14-15H2,(H,29,30). The van der Waals surface area contributed by atoms with E-state index in [9.17, 15) is 10.1 Å². The molecule has 6 nitrogen and oxygen atoms in total. The van der Waals surface area contributed by atoms with Gasteiger partial charge in [0.2, 0.25) is 0 Å². The number of halogens is 1. The summed E-state index contributed by atoms with van der Waals surface area (Å²) < 4.78 is 8.51. The second kappa shape index (κ2) is 9.79. The maximum absolute atomic E-state index is 11.1. The normalized spacial score (nSPS) is 10.8. The fourth-order valence-corrected chi connectivity index (χ4v) is 4.31. The van der Waals surface area contributed by atoms with Gasteiger partial charge < -0.3 is 14.4 Å². The fourth-order valence-electron chi connectivity index (χ4n) is 3.26. The van der Waals surface area contributed by atoms with Gasteiger partial charge in [-0.05, 0) is 41.5 Å². The average Bonchev–Trinajstić information content (AvgIpc) is 3.40. The third-order valence-electron chi connectivity index (χ3n) is 4.82. The van der Waals surface area contributed by atoms with Gasteiger partial charge >= 0.3 is 5.97 Å². The molecule has 0 spiro atoms. The third-order valence-corrected chi connectivity index (χ3v) is 6.05. The number of carbonyl (C=O) groups is 1. The molecule has 4 rings (SSSR count). The van der Waals surface area contributed by atoms with E-state index in [-0.39, 0.29) is 12.2 Å². The van der Waals surface area contributed by atoms with Crippen LogP contribution in [0.25, 0.3) is 10.7 Å². The molecule has 160 valence electrons. The van der Waals surface area contributed by atoms with Crippen molar-refractivity contribution in [1.82, 2.24) is 9.55 Å². The number of hydrogen-bond acceptors (Lipinski definition) is 5. The molecular weight excluding hydrogens is 446 g/mol. The number of imidazole rings is 1. The van der Waals surface area contributed by atoms with Crippen molar-refractivity contribution in [3.63, 3.8) is 0 Å². The Morgan fingerprint density at radius 1 is 1.12 bits per heavy atom. The van der Waals surface area contributed by atoms with Gasteiger partial charge in [0.15, 0.2) is 5.82 Å². The summed E-state index contributed by atoms with van der Waals surface area (Å²) in [6.07, 6.45) is 1.92. The number of hydrogen-bond donors (Lipinski definition) is 1. The predicted molar refractivity (Wildman–Crippen MR) is 123 cm³/mol. The minimum atomic E-state index is -0.953. The molecule has 0 amide bonds. The monoisotopic (exact) mass is 463 g/mol. The van der Waals surface area contributed by atoms with Gasteiger partial charge in [-0.1, -0.05) is 41.9 Å². The SMILES string of the molecule is N#Cc1ccccc1COCc1cn(Cc2ccc(C(=O)O)cc2)c(-c2ccc(Cl)s2)n1. The summed E-state index contributed by atoms with van der Waals surface area (Å²) in [5, 5.41) is 18.3. The van der Waals surface area contributed by atoms with Crippen molar-refractivity contribution < 1.29 is 14.6 Å². The van der Waals surface area contributed by atoms with Gasteiger partial charge in [-0.15, -0.1) is 11.3 Å². The first-order valence-electron chi connectivity index (χ1n) is 9.73. The van der Waals surface area contributed by atoms with Crippen LogP contribution < -0.4 is 0 Å². The van der Waals surface area contributed by atoms with Gasteiger partial charge in [-0.2, -0.15) is 5.26 Å². The van der Waals surface area contributed by atoms with Crippen LogP contribution >= 0.6 is 22.9 Å². The molecule has 0 bridgehead atoms. The molecule has 32 heavy (non-hydrogen) atoms. The second-order valence-corrected chi connectivity index (χ2v) is 8.77. The minimum Gasteiger partial charge on any atom is -0.478 e. The lowest BCUT2D eigenvalue weighted by atomic mass is 10.1. The number of aromatic carboxylic acids is 1. The van der Waals surface area contributed by atoms with Crippen molar-refractivity contribution in [3.05, 3.63) is 99.1 Å². The fraction of sp³-hybridized carbons (Fsp3) is 0.125. The van der Waals surface area contributed by atoms with Crippen LogP contribution in [0, 0.1) is 11.3 Å². The molecule has 2 aromatic heterocycles. The van der Waals surface area contributed by atoms with E-state index < -0.39 is 5.97 Å². The maximum Gasteiger partial charge on any atom is 0.335 e. The van der Waals surface area contributed by atoms with Gasteiger partial charge in [0, 0.05) is 12.7 Å². The number of benzene rings is 2. The third kappa shape index (κ3) is 5.06. The highest BCUT2D eigenvalue weighted by Gasteiger charge is 2.14. The van der Waals surface area contributed by atoms with E-state index in [0.717, 1.165) is 27.5 Å². The minimum absolute atomic E-state index is 0.247. The Hall–Kier alpha value is -3.44. The molecule has 2 heterocycles. The zero-order valence-corrected chi connectivity index (χ0v) is 18.4. The van der Waals surface area contributed by atoms with Crippen LogP contribution in [-0.2, 0) is 24.5 Å². The van der Waals surface area contributed by atoms with Crippen molar-refractivity contribution in [3.8, 4) is 16.8 Å². The average molecular weight is 464 g/mol. The molecule has 0 atom stereocenters. The summed E-state index contributed by atoms with van der Waals surface area (Å²) in [6, 6.07) is 20.0. The van der Waals surface area contributed by atoms with Crippen molar-refractivity contribution in [1.29, 1.82) is 5.26 Å². The number of carboxylic acid groups (broad SMARTS) is 1. The molecule has 4 aromatic rings. The molecular formula is C24H18ClN3O3S. The van der Waals surface area contributed by atoms with Crippen molar-refractivity contribution in [2.24, 2.45) is 0 Å². The van der Waals surface area contributed by atoms with Crippen LogP contribution in [-0.4, -0.2) is 20.6 Å². The summed E-state index contributed by atoms with van der Waals surface area (Å²) in [5.74, 6) is -0.189. The van der Waals surface area contributed by atoms with Gasteiger partial charge in [0.05, 0.1) is 45.3 Å². The first-order chi connectivity index (χ1) is 15.5. The highest BCUT2D eigenvalue weighted by Crippen LogP contribution is 2.31. The van der Waals surface area contributed by atoms with Gasteiger partial charge in [-0.25, -0.2) is 9.78 Å². The highest BCUT2D eigenvalue weighted by molar-refractivity contribution is 7.19. The zero-order valence-electron chi connectivity index (χ0n) is 16.9. The van der Waals surface area contributed by atoms with Crippen LogP contribution in [0.2, 0.25) is 4.34 Å². The molecule has 1 N–H and O–H groups in total. The number of aromatic nitrogens is 2. The first-order valence-corrected chi connectivity index (χ1v) is 10.9. The molecule has 0 radical (unpaired) electrons. The molecule has 0 saturated heterocycles. The second-order valence-electron chi connectivity index (χ2n) is 7.05. The molecule has 0 unspecified atom stereocenters. The van der Waals surface area contributed by atoms with Crippen molar-refractivity contribution in [2.45, 2.75) is 19.8 Å². The molecule has 0 saturated carbocycles. The maximum atomic E-state index is 11.1. The van der Waals surface area contributed by atoms with E-state index in [4.69, 9.17) is 26.4 Å². The summed E-state index contributed by atoms with van der Waals surface area (Å²) in [4.78, 5) is 16.8. The summed E-state index contributed by atoms with van der Waals surface area (Å²) in [7, 11) is 0. The Morgan fingerprint density at radius 3 is 2.59 bits per heavy atom. The van der Waals surface area contributed by atoms with E-state index in [0.29, 0.717) is 23.1 Å². The molecule has 0 aliphatic heterocycles. The van der Waals surface area contributed by atoms with E-state index in [1.807, 2.05) is 41.1 Å². The Bertz CT molecular complexity index is 1290. The number of nitrogens with zero attached hydrogens (tertiary/aromatic N) is 3. The number of carboxylic acids is 1. The summed E-state index contributed by atoms with van der Waals surface area (Å²) in [5.41, 5.74) is 3.37. The number of ether oxygens (including phenoxy) is 1. The van der Waals surface area contributed by atoms with E-state index in [2.05, 4.69) is 6.07 Å². The van der Waals surface area contributed by atoms with E-state index >= 15 is 0 Å². The van der Waals surface area contributed by atoms with Crippen molar-refractivity contribution >= 4 is 28.9 Å². The zero-order chi connectivity index (χ0) is 22.5. The lowest BCUT2D eigenvalue weighted by Crippen LogP contribution is -2.02. The highest BCUT2D eigenvalue weighted by atomic mass is 35.5. The summed E-state index contributed by atoms with van der Waals surface area (Å²) >= 11 is 7.57. The Labute approximate surface area is 193 Å². The Kier molecular flexibility index (Phi) is 6.66. The van der Waals surface area contributed by atoms with E-state index in [1.165, 1.54) is 11.3 Å². The number of rotatable bonds is 8. The largest absolute Gasteiger partial charge is 0.478 e. The van der Waals surface area contributed by atoms with Crippen LogP contribution in [0.4, 0.5) is 0 Å². The lowest BCUT2D eigenvalue weighted by Gasteiger charge is -2.07. The molecule has 0 aliphatic rings. The van der Waals surface area contributed by atoms with Gasteiger partial charge in [-0.3, -0.25) is 0 Å². The van der Waals surface area contributed by atoms with Crippen LogP contribution in [0.1, 0.15) is 32.7 Å². The molecule has 2 aromatic carbocycles. The predicted octanol–water partition coefficient (Wildman–Crippen LogP) is 5.60. The van der Waals surface area contributed by atoms with Crippen LogP contribution in [0.3, 0.4) is 0 Å². The Balaban J connectivity index is 1.54. The first kappa shape index (κ1) is 21.8. The van der Waals surface area contributed by atoms with E-state index in [1.54, 1.807) is 30.3 Å². The van der Waals surface area contributed by atoms with Gasteiger partial charge in [0.25, 0.3) is 0 Å². The quantitative estimate of drug-likeness (QED) is 0.367. The molecule has 0 fully saturated rings. The molecule has 0 aliphatic carbocycles. The Morgan fingerprint density at radius 2 is 1.91 bits per heavy atom. The van der Waals surface area contributed by atoms with Gasteiger partial charge in [0.1, 0.15) is 0 Å².